The molecule has 0 aliphatic carbocycles. The summed E-state index contributed by atoms with van der Waals surface area (Å²) >= 11 is 1.80. The molecule has 11 heavy (non-hydrogen) atoms. The molecular formula is C9H13PS. The molecule has 0 N–H and O–H groups in total. The lowest BCUT2D eigenvalue weighted by molar-refractivity contribution is 1.10. The zero-order chi connectivity index (χ0) is 8.10. The lowest BCUT2D eigenvalue weighted by Crippen LogP contribution is -1.87. The summed E-state index contributed by atoms with van der Waals surface area (Å²) in [5, 5.41) is 0. The SMILES string of the molecule is CCc1ccccc1CSP. The molecule has 0 aliphatic rings. The van der Waals surface area contributed by atoms with Crippen LogP contribution in [-0.2, 0) is 12.2 Å². The monoisotopic (exact) mass is 184 g/mol. The molecule has 0 aromatic heterocycles. The molecule has 0 radical (unpaired) electrons. The van der Waals surface area contributed by atoms with Crippen LogP contribution in [0.1, 0.15) is 18.1 Å². The van der Waals surface area contributed by atoms with Crippen LogP contribution in [0.3, 0.4) is 0 Å². The van der Waals surface area contributed by atoms with Gasteiger partial charge in [0.15, 0.2) is 0 Å². The van der Waals surface area contributed by atoms with Crippen LogP contribution in [0.5, 0.6) is 0 Å². The Bertz CT molecular complexity index is 223. The van der Waals surface area contributed by atoms with Gasteiger partial charge in [-0.2, -0.15) is 0 Å². The summed E-state index contributed by atoms with van der Waals surface area (Å²) < 4.78 is 0. The fourth-order valence-electron chi connectivity index (χ4n) is 1.13. The van der Waals surface area contributed by atoms with Crippen molar-refractivity contribution in [1.82, 2.24) is 0 Å². The number of hydrogen-bond donors (Lipinski definition) is 0. The highest BCUT2D eigenvalue weighted by molar-refractivity contribution is 8.43. The highest BCUT2D eigenvalue weighted by Crippen LogP contribution is 2.21. The average molecular weight is 184 g/mol. The highest BCUT2D eigenvalue weighted by Gasteiger charge is 1.96. The van der Waals surface area contributed by atoms with E-state index in [0.29, 0.717) is 0 Å². The summed E-state index contributed by atoms with van der Waals surface area (Å²) in [6, 6.07) is 8.62. The highest BCUT2D eigenvalue weighted by atomic mass is 32.7. The first-order valence-electron chi connectivity index (χ1n) is 3.77. The molecule has 0 saturated carbocycles. The Labute approximate surface area is 74.7 Å². The standard InChI is InChI=1S/C9H13PS/c1-2-8-5-3-4-6-9(8)7-11-10/h3-6H,2,7,10H2,1H3. The molecule has 0 fully saturated rings. The van der Waals surface area contributed by atoms with E-state index in [-0.39, 0.29) is 0 Å². The second-order valence-corrected chi connectivity index (χ2v) is 4.06. The average Bonchev–Trinajstić information content (AvgIpc) is 2.06. The van der Waals surface area contributed by atoms with Crippen molar-refractivity contribution in [2.45, 2.75) is 19.1 Å². The zero-order valence-electron chi connectivity index (χ0n) is 6.71. The van der Waals surface area contributed by atoms with Crippen LogP contribution in [0.4, 0.5) is 0 Å². The first-order chi connectivity index (χ1) is 5.38. The Morgan fingerprint density at radius 1 is 1.27 bits per heavy atom. The van der Waals surface area contributed by atoms with Crippen molar-refractivity contribution in [1.29, 1.82) is 0 Å². The Balaban J connectivity index is 2.83. The smallest absolute Gasteiger partial charge is 0.0223 e. The fourth-order valence-corrected chi connectivity index (χ4v) is 2.13. The lowest BCUT2D eigenvalue weighted by Gasteiger charge is -2.04. The molecule has 0 nitrogen and oxygen atoms in total. The van der Waals surface area contributed by atoms with Gasteiger partial charge in [-0.25, -0.2) is 0 Å². The topological polar surface area (TPSA) is 0 Å². The first kappa shape index (κ1) is 9.09. The summed E-state index contributed by atoms with van der Waals surface area (Å²) in [5.41, 5.74) is 2.94. The maximum absolute atomic E-state index is 2.69. The Hall–Kier alpha value is -0.0000000000000000555. The summed E-state index contributed by atoms with van der Waals surface area (Å²) in [6.07, 6.45) is 1.14. The lowest BCUT2D eigenvalue weighted by atomic mass is 10.1. The number of benzene rings is 1. The van der Waals surface area contributed by atoms with Crippen LogP contribution in [0, 0.1) is 0 Å². The van der Waals surface area contributed by atoms with Crippen molar-refractivity contribution in [2.24, 2.45) is 0 Å². The Morgan fingerprint density at radius 3 is 2.45 bits per heavy atom. The third-order valence-electron chi connectivity index (χ3n) is 1.74. The molecule has 60 valence electrons. The summed E-state index contributed by atoms with van der Waals surface area (Å²) in [7, 11) is 2.69. The van der Waals surface area contributed by atoms with E-state index in [1.54, 1.807) is 11.4 Å². The molecular weight excluding hydrogens is 171 g/mol. The van der Waals surface area contributed by atoms with Gasteiger partial charge in [-0.05, 0) is 17.5 Å². The molecule has 0 heterocycles. The van der Waals surface area contributed by atoms with Gasteiger partial charge >= 0.3 is 0 Å². The van der Waals surface area contributed by atoms with Gasteiger partial charge in [0.05, 0.1) is 0 Å². The van der Waals surface area contributed by atoms with Gasteiger partial charge in [-0.3, -0.25) is 0 Å². The van der Waals surface area contributed by atoms with Crippen LogP contribution < -0.4 is 0 Å². The van der Waals surface area contributed by atoms with E-state index in [1.807, 2.05) is 0 Å². The normalized spacial score (nSPS) is 10.0. The second-order valence-electron chi connectivity index (χ2n) is 2.43. The van der Waals surface area contributed by atoms with Crippen molar-refractivity contribution in [3.8, 4) is 0 Å². The van der Waals surface area contributed by atoms with E-state index in [4.69, 9.17) is 0 Å². The molecule has 0 spiro atoms. The van der Waals surface area contributed by atoms with E-state index < -0.39 is 0 Å². The van der Waals surface area contributed by atoms with E-state index in [2.05, 4.69) is 39.6 Å². The van der Waals surface area contributed by atoms with Crippen molar-refractivity contribution < 1.29 is 0 Å². The van der Waals surface area contributed by atoms with E-state index in [1.165, 1.54) is 11.1 Å². The molecule has 0 amide bonds. The predicted molar refractivity (Wildman–Crippen MR) is 56.8 cm³/mol. The van der Waals surface area contributed by atoms with E-state index in [9.17, 15) is 0 Å². The quantitative estimate of drug-likeness (QED) is 0.650. The van der Waals surface area contributed by atoms with Gasteiger partial charge in [-0.1, -0.05) is 39.6 Å². The molecule has 2 heteroatoms. The largest absolute Gasteiger partial charge is 0.136 e. The third-order valence-corrected chi connectivity index (χ3v) is 2.72. The summed E-state index contributed by atoms with van der Waals surface area (Å²) in [6.45, 7) is 2.20. The maximum Gasteiger partial charge on any atom is 0.0223 e. The molecule has 0 aliphatic heterocycles. The van der Waals surface area contributed by atoms with Crippen LogP contribution in [0.25, 0.3) is 0 Å². The minimum atomic E-state index is 1.11. The number of hydrogen-bond acceptors (Lipinski definition) is 1. The van der Waals surface area contributed by atoms with Crippen LogP contribution in [0.2, 0.25) is 0 Å². The van der Waals surface area contributed by atoms with Crippen molar-refractivity contribution in [3.05, 3.63) is 35.4 Å². The third kappa shape index (κ3) is 2.50. The molecule has 1 unspecified atom stereocenters. The van der Waals surface area contributed by atoms with E-state index >= 15 is 0 Å². The van der Waals surface area contributed by atoms with Gasteiger partial charge in [0.2, 0.25) is 0 Å². The molecule has 1 aromatic rings. The van der Waals surface area contributed by atoms with Crippen molar-refractivity contribution in [2.75, 3.05) is 0 Å². The van der Waals surface area contributed by atoms with Crippen LogP contribution in [0.15, 0.2) is 24.3 Å². The minimum Gasteiger partial charge on any atom is -0.136 e. The Kier molecular flexibility index (Phi) is 3.96. The summed E-state index contributed by atoms with van der Waals surface area (Å²) in [5.74, 6) is 1.11. The van der Waals surface area contributed by atoms with Gasteiger partial charge < -0.3 is 0 Å². The zero-order valence-corrected chi connectivity index (χ0v) is 8.68. The summed E-state index contributed by atoms with van der Waals surface area (Å²) in [4.78, 5) is 0. The van der Waals surface area contributed by atoms with E-state index in [0.717, 1.165) is 12.2 Å². The second kappa shape index (κ2) is 4.79. The van der Waals surface area contributed by atoms with Crippen molar-refractivity contribution in [3.63, 3.8) is 0 Å². The maximum atomic E-state index is 2.69. The molecule has 0 bridgehead atoms. The van der Waals surface area contributed by atoms with Gasteiger partial charge in [0.25, 0.3) is 0 Å². The first-order valence-corrected chi connectivity index (χ1v) is 6.23. The molecule has 1 rings (SSSR count). The predicted octanol–water partition coefficient (Wildman–Crippen LogP) is 3.27. The van der Waals surface area contributed by atoms with Gasteiger partial charge in [-0.15, -0.1) is 11.4 Å². The number of aryl methyl sites for hydroxylation is 1. The Morgan fingerprint density at radius 2 is 1.91 bits per heavy atom. The van der Waals surface area contributed by atoms with Gasteiger partial charge in [0.1, 0.15) is 0 Å². The fraction of sp³-hybridized carbons (Fsp3) is 0.333. The molecule has 0 saturated heterocycles. The number of rotatable bonds is 3. The minimum absolute atomic E-state index is 1.11. The molecule has 1 atom stereocenters. The van der Waals surface area contributed by atoms with Crippen molar-refractivity contribution >= 4 is 19.8 Å². The molecule has 1 aromatic carbocycles. The van der Waals surface area contributed by atoms with Gasteiger partial charge in [0, 0.05) is 5.75 Å². The van der Waals surface area contributed by atoms with Crippen LogP contribution in [-0.4, -0.2) is 0 Å². The van der Waals surface area contributed by atoms with Crippen LogP contribution >= 0.6 is 19.8 Å².